The number of hydrogen-bond donors (Lipinski definition) is 2. The summed E-state index contributed by atoms with van der Waals surface area (Å²) in [5, 5.41) is 6.96. The Hall–Kier alpha value is -4.01. The number of amides is 1. The number of carbonyl (C=O) groups excluding carboxylic acids is 1. The van der Waals surface area contributed by atoms with E-state index in [9.17, 15) is 4.79 Å². The predicted molar refractivity (Wildman–Crippen MR) is 145 cm³/mol. The lowest BCUT2D eigenvalue weighted by Crippen LogP contribution is -2.30. The van der Waals surface area contributed by atoms with Crippen LogP contribution in [-0.2, 0) is 9.53 Å². The highest BCUT2D eigenvalue weighted by atomic mass is 32.1. The van der Waals surface area contributed by atoms with E-state index in [0.29, 0.717) is 10.8 Å². The maximum atomic E-state index is 11.9. The highest BCUT2D eigenvalue weighted by molar-refractivity contribution is 7.80. The molecule has 7 nitrogen and oxygen atoms in total. The molecule has 5 rings (SSSR count). The van der Waals surface area contributed by atoms with Gasteiger partial charge in [-0.3, -0.25) is 9.78 Å². The zero-order valence-corrected chi connectivity index (χ0v) is 20.9. The molecule has 0 bridgehead atoms. The molecular weight excluding hydrogens is 470 g/mol. The molecule has 1 aliphatic rings. The van der Waals surface area contributed by atoms with Crippen molar-refractivity contribution in [3.05, 3.63) is 108 Å². The van der Waals surface area contributed by atoms with Crippen molar-refractivity contribution in [1.29, 1.82) is 0 Å². The number of carbonyl (C=O) groups is 1. The van der Waals surface area contributed by atoms with Crippen LogP contribution in [0.3, 0.4) is 0 Å². The van der Waals surface area contributed by atoms with Crippen LogP contribution in [0, 0.1) is 6.92 Å². The number of aryl methyl sites for hydroxylation is 1. The molecule has 1 amide bonds. The first-order valence-electron chi connectivity index (χ1n) is 11.7. The molecule has 36 heavy (non-hydrogen) atoms. The summed E-state index contributed by atoms with van der Waals surface area (Å²) in [6.07, 6.45) is 3.88. The van der Waals surface area contributed by atoms with Gasteiger partial charge in [0.05, 0.1) is 11.7 Å². The fourth-order valence-corrected chi connectivity index (χ4v) is 4.96. The van der Waals surface area contributed by atoms with Crippen molar-refractivity contribution in [3.8, 4) is 5.69 Å². The smallest absolute Gasteiger partial charge is 0.250 e. The van der Waals surface area contributed by atoms with E-state index < -0.39 is 0 Å². The van der Waals surface area contributed by atoms with E-state index in [1.807, 2.05) is 42.5 Å². The van der Waals surface area contributed by atoms with Gasteiger partial charge in [-0.2, -0.15) is 0 Å². The molecule has 2 atom stereocenters. The van der Waals surface area contributed by atoms with Crippen molar-refractivity contribution >= 4 is 34.6 Å². The van der Waals surface area contributed by atoms with E-state index in [2.05, 4.69) is 74.6 Å². The summed E-state index contributed by atoms with van der Waals surface area (Å²) in [7, 11) is 1.49. The Labute approximate surface area is 215 Å². The Morgan fingerprint density at radius 1 is 1.06 bits per heavy atom. The number of nitrogens with one attached hydrogen (secondary N) is 2. The molecule has 2 aromatic heterocycles. The summed E-state index contributed by atoms with van der Waals surface area (Å²) in [6, 6.07) is 25.9. The minimum Gasteiger partial charge on any atom is -0.375 e. The summed E-state index contributed by atoms with van der Waals surface area (Å²) in [5.74, 6) is -0.201. The van der Waals surface area contributed by atoms with Crippen LogP contribution in [0.2, 0.25) is 0 Å². The number of thiocarbonyl (C=S) groups is 1. The second-order valence-electron chi connectivity index (χ2n) is 8.67. The van der Waals surface area contributed by atoms with Gasteiger partial charge in [0.2, 0.25) is 5.91 Å². The van der Waals surface area contributed by atoms with E-state index in [-0.39, 0.29) is 24.6 Å². The Balaban J connectivity index is 1.56. The second kappa shape index (κ2) is 10.3. The molecule has 0 spiro atoms. The molecule has 1 saturated heterocycles. The number of ether oxygens (including phenoxy) is 1. The van der Waals surface area contributed by atoms with Crippen LogP contribution in [-0.4, -0.2) is 34.3 Å². The number of hydrogen-bond acceptors (Lipinski definition) is 4. The van der Waals surface area contributed by atoms with E-state index in [4.69, 9.17) is 17.0 Å². The monoisotopic (exact) mass is 497 g/mol. The molecule has 0 unspecified atom stereocenters. The van der Waals surface area contributed by atoms with Crippen LogP contribution in [0.1, 0.15) is 29.0 Å². The van der Waals surface area contributed by atoms with Gasteiger partial charge < -0.3 is 24.8 Å². The molecule has 2 aromatic carbocycles. The van der Waals surface area contributed by atoms with Crippen LogP contribution in [0.4, 0.5) is 11.4 Å². The molecule has 4 aromatic rings. The number of anilines is 2. The van der Waals surface area contributed by atoms with Gasteiger partial charge in [0, 0.05) is 42.3 Å². The van der Waals surface area contributed by atoms with E-state index in [1.165, 1.54) is 12.7 Å². The average molecular weight is 498 g/mol. The number of aromatic nitrogens is 2. The molecule has 182 valence electrons. The normalized spacial score (nSPS) is 17.2. The molecule has 0 radical (unpaired) electrons. The van der Waals surface area contributed by atoms with Crippen molar-refractivity contribution < 1.29 is 9.53 Å². The number of benzene rings is 2. The van der Waals surface area contributed by atoms with Gasteiger partial charge in [-0.1, -0.05) is 18.2 Å². The van der Waals surface area contributed by atoms with Crippen molar-refractivity contribution in [2.75, 3.05) is 23.9 Å². The molecular formula is C28H27N5O2S. The molecule has 0 aliphatic carbocycles. The summed E-state index contributed by atoms with van der Waals surface area (Å²) < 4.78 is 7.11. The van der Waals surface area contributed by atoms with E-state index in [1.54, 1.807) is 6.20 Å². The molecule has 1 aliphatic heterocycles. The lowest BCUT2D eigenvalue weighted by Gasteiger charge is -2.29. The molecule has 0 saturated carbocycles. The standard InChI is InChI=1S/C28H27N5O2S/c1-19-7-5-8-22(17-19)32-16-6-10-24(32)27-26(23-9-3-4-15-29-23)31-28(36)33(27)21-13-11-20(12-14-21)30-25(34)18-35-2/h3-17,26-27H,18H2,1-2H3,(H,30,34)(H,31,36)/t26-,27+/m0/s1. The van der Waals surface area contributed by atoms with Gasteiger partial charge in [-0.25, -0.2) is 0 Å². The molecule has 1 fully saturated rings. The van der Waals surface area contributed by atoms with Gasteiger partial charge >= 0.3 is 0 Å². The Morgan fingerprint density at radius 2 is 1.89 bits per heavy atom. The third-order valence-electron chi connectivity index (χ3n) is 6.17. The van der Waals surface area contributed by atoms with Crippen molar-refractivity contribution in [2.45, 2.75) is 19.0 Å². The predicted octanol–water partition coefficient (Wildman–Crippen LogP) is 4.94. The minimum absolute atomic E-state index is 0.00562. The highest BCUT2D eigenvalue weighted by Gasteiger charge is 2.42. The first kappa shape index (κ1) is 23.7. The van der Waals surface area contributed by atoms with Gasteiger partial charge in [0.25, 0.3) is 0 Å². The van der Waals surface area contributed by atoms with Gasteiger partial charge in [-0.05, 0) is 85.4 Å². The maximum Gasteiger partial charge on any atom is 0.250 e. The minimum atomic E-state index is -0.201. The third kappa shape index (κ3) is 4.73. The second-order valence-corrected chi connectivity index (χ2v) is 9.05. The van der Waals surface area contributed by atoms with Crippen molar-refractivity contribution in [1.82, 2.24) is 14.9 Å². The topological polar surface area (TPSA) is 71.4 Å². The summed E-state index contributed by atoms with van der Waals surface area (Å²) in [4.78, 5) is 18.7. The van der Waals surface area contributed by atoms with Crippen LogP contribution >= 0.6 is 12.2 Å². The third-order valence-corrected chi connectivity index (χ3v) is 6.48. The van der Waals surface area contributed by atoms with Gasteiger partial charge in [-0.15, -0.1) is 0 Å². The number of methoxy groups -OCH3 is 1. The first-order valence-corrected chi connectivity index (χ1v) is 12.1. The summed E-state index contributed by atoms with van der Waals surface area (Å²) in [5.41, 5.74) is 5.88. The van der Waals surface area contributed by atoms with Crippen LogP contribution in [0.25, 0.3) is 5.69 Å². The first-order chi connectivity index (χ1) is 17.5. The fraction of sp³-hybridized carbons (Fsp3) is 0.179. The van der Waals surface area contributed by atoms with Gasteiger partial charge in [0.15, 0.2) is 5.11 Å². The van der Waals surface area contributed by atoms with Crippen LogP contribution < -0.4 is 15.5 Å². The maximum absolute atomic E-state index is 11.9. The van der Waals surface area contributed by atoms with E-state index >= 15 is 0 Å². The zero-order chi connectivity index (χ0) is 25.1. The lowest BCUT2D eigenvalue weighted by molar-refractivity contribution is -0.119. The number of pyridine rings is 1. The van der Waals surface area contributed by atoms with Crippen molar-refractivity contribution in [3.63, 3.8) is 0 Å². The molecule has 8 heteroatoms. The average Bonchev–Trinajstić information content (AvgIpc) is 3.49. The molecule has 2 N–H and O–H groups in total. The number of nitrogens with zero attached hydrogens (tertiary/aromatic N) is 3. The fourth-order valence-electron chi connectivity index (χ4n) is 4.62. The highest BCUT2D eigenvalue weighted by Crippen LogP contribution is 2.42. The summed E-state index contributed by atoms with van der Waals surface area (Å²) >= 11 is 5.86. The SMILES string of the molecule is COCC(=O)Nc1ccc(N2C(=S)N[C@@H](c3ccccn3)[C@H]2c2cccn2-c2cccc(C)c2)cc1. The van der Waals surface area contributed by atoms with E-state index in [0.717, 1.165) is 22.8 Å². The zero-order valence-electron chi connectivity index (χ0n) is 20.1. The Kier molecular flexibility index (Phi) is 6.79. The quantitative estimate of drug-likeness (QED) is 0.353. The van der Waals surface area contributed by atoms with Crippen LogP contribution in [0.5, 0.6) is 0 Å². The van der Waals surface area contributed by atoms with Gasteiger partial charge in [0.1, 0.15) is 12.6 Å². The van der Waals surface area contributed by atoms with Crippen LogP contribution in [0.15, 0.2) is 91.3 Å². The Morgan fingerprint density at radius 3 is 2.61 bits per heavy atom. The van der Waals surface area contributed by atoms with Crippen molar-refractivity contribution in [2.24, 2.45) is 0 Å². The largest absolute Gasteiger partial charge is 0.375 e. The lowest BCUT2D eigenvalue weighted by atomic mass is 10.0. The Bertz CT molecular complexity index is 1370. The molecule has 3 heterocycles. The summed E-state index contributed by atoms with van der Waals surface area (Å²) in [6.45, 7) is 2.10. The number of rotatable bonds is 7.